The molecule has 144 valence electrons. The van der Waals surface area contributed by atoms with Crippen LogP contribution in [0.15, 0.2) is 42.9 Å². The number of aromatic nitrogens is 4. The molecule has 2 N–H and O–H groups in total. The van der Waals surface area contributed by atoms with Gasteiger partial charge in [-0.3, -0.25) is 4.79 Å². The number of rotatable bonds is 5. The Hall–Kier alpha value is -3.00. The van der Waals surface area contributed by atoms with Crippen molar-refractivity contribution in [2.45, 2.75) is 18.9 Å². The maximum atomic E-state index is 13.1. The van der Waals surface area contributed by atoms with Gasteiger partial charge in [0.2, 0.25) is 11.9 Å². The van der Waals surface area contributed by atoms with E-state index in [1.165, 1.54) is 18.3 Å². The summed E-state index contributed by atoms with van der Waals surface area (Å²) >= 11 is 6.28. The van der Waals surface area contributed by atoms with Crippen molar-refractivity contribution in [1.29, 1.82) is 0 Å². The summed E-state index contributed by atoms with van der Waals surface area (Å²) in [6.45, 7) is 0. The van der Waals surface area contributed by atoms with Crippen molar-refractivity contribution in [3.8, 4) is 16.9 Å². The van der Waals surface area contributed by atoms with Gasteiger partial charge >= 0.3 is 0 Å². The molecule has 1 aliphatic rings. The third-order valence-electron chi connectivity index (χ3n) is 4.78. The number of carbonyl (C=O) groups excluding carboxylic acids is 1. The lowest BCUT2D eigenvalue weighted by Crippen LogP contribution is -2.43. The molecule has 1 amide bonds. The van der Waals surface area contributed by atoms with Crippen LogP contribution in [0.5, 0.6) is 0 Å². The van der Waals surface area contributed by atoms with Crippen LogP contribution in [0.4, 0.5) is 10.3 Å². The molecular weight excluding hydrogens is 383 g/mol. The number of nitrogens with one attached hydrogen (secondary N) is 2. The van der Waals surface area contributed by atoms with Gasteiger partial charge < -0.3 is 10.6 Å². The van der Waals surface area contributed by atoms with Gasteiger partial charge in [-0.15, -0.1) is 0 Å². The van der Waals surface area contributed by atoms with E-state index in [0.717, 1.165) is 24.1 Å². The smallest absolute Gasteiger partial charge is 0.223 e. The van der Waals surface area contributed by atoms with Crippen LogP contribution in [-0.2, 0) is 4.79 Å². The molecule has 0 spiro atoms. The van der Waals surface area contributed by atoms with Crippen LogP contribution in [0.2, 0.25) is 5.02 Å². The van der Waals surface area contributed by atoms with Gasteiger partial charge in [-0.1, -0.05) is 11.6 Å². The second-order valence-corrected chi connectivity index (χ2v) is 7.07. The molecule has 28 heavy (non-hydrogen) atoms. The van der Waals surface area contributed by atoms with Crippen molar-refractivity contribution in [3.05, 3.63) is 53.7 Å². The van der Waals surface area contributed by atoms with E-state index < -0.39 is 0 Å². The highest BCUT2D eigenvalue weighted by Crippen LogP contribution is 2.31. The summed E-state index contributed by atoms with van der Waals surface area (Å²) in [5.74, 6) is 0.238. The number of anilines is 1. The van der Waals surface area contributed by atoms with Gasteiger partial charge in [-0.25, -0.2) is 19.0 Å². The lowest BCUT2D eigenvalue weighted by atomic mass is 9.80. The molecule has 0 radical (unpaired) electrons. The predicted molar refractivity (Wildman–Crippen MR) is 104 cm³/mol. The van der Waals surface area contributed by atoms with E-state index in [1.807, 2.05) is 0 Å². The summed E-state index contributed by atoms with van der Waals surface area (Å²) in [7, 11) is 1.64. The van der Waals surface area contributed by atoms with Crippen molar-refractivity contribution in [2.24, 2.45) is 5.92 Å². The monoisotopic (exact) mass is 400 g/mol. The van der Waals surface area contributed by atoms with Crippen LogP contribution in [0, 0.1) is 11.7 Å². The molecule has 0 atom stereocenters. The fourth-order valence-electron chi connectivity index (χ4n) is 3.16. The van der Waals surface area contributed by atoms with Gasteiger partial charge in [0.25, 0.3) is 0 Å². The van der Waals surface area contributed by atoms with E-state index in [1.54, 1.807) is 36.3 Å². The van der Waals surface area contributed by atoms with E-state index in [9.17, 15) is 9.18 Å². The maximum absolute atomic E-state index is 13.1. The molecule has 4 rings (SSSR count). The second-order valence-electron chi connectivity index (χ2n) is 6.66. The molecule has 1 aromatic carbocycles. The van der Waals surface area contributed by atoms with Crippen molar-refractivity contribution < 1.29 is 9.18 Å². The highest BCUT2D eigenvalue weighted by molar-refractivity contribution is 6.32. The van der Waals surface area contributed by atoms with E-state index in [-0.39, 0.29) is 23.7 Å². The Bertz CT molecular complexity index is 1000. The fraction of sp³-hybridized carbons (Fsp3) is 0.263. The molecule has 3 aromatic rings. The summed E-state index contributed by atoms with van der Waals surface area (Å²) in [5.41, 5.74) is 2.00. The first-order valence-electron chi connectivity index (χ1n) is 8.85. The highest BCUT2D eigenvalue weighted by atomic mass is 35.5. The predicted octanol–water partition coefficient (Wildman–Crippen LogP) is 3.06. The van der Waals surface area contributed by atoms with E-state index in [4.69, 9.17) is 11.6 Å². The minimum atomic E-state index is -0.305. The summed E-state index contributed by atoms with van der Waals surface area (Å²) in [5, 5.41) is 10.6. The molecule has 0 bridgehead atoms. The zero-order chi connectivity index (χ0) is 19.7. The lowest BCUT2D eigenvalue weighted by molar-refractivity contribution is -0.127. The third kappa shape index (κ3) is 3.68. The number of hydrogen-bond donors (Lipinski definition) is 2. The van der Waals surface area contributed by atoms with Crippen molar-refractivity contribution in [2.75, 3.05) is 12.4 Å². The number of benzene rings is 1. The Kier molecular flexibility index (Phi) is 4.95. The molecule has 2 heterocycles. The van der Waals surface area contributed by atoms with Gasteiger partial charge in [-0.05, 0) is 37.1 Å². The molecule has 0 unspecified atom stereocenters. The van der Waals surface area contributed by atoms with Crippen LogP contribution in [0.25, 0.3) is 16.9 Å². The first-order chi connectivity index (χ1) is 13.5. The van der Waals surface area contributed by atoms with Crippen LogP contribution >= 0.6 is 11.6 Å². The lowest BCUT2D eigenvalue weighted by Gasteiger charge is -2.34. The molecule has 0 saturated heterocycles. The average molecular weight is 401 g/mol. The number of halogens is 2. The number of amides is 1. The number of carbonyl (C=O) groups is 1. The second kappa shape index (κ2) is 7.55. The maximum Gasteiger partial charge on any atom is 0.223 e. The summed E-state index contributed by atoms with van der Waals surface area (Å²) < 4.78 is 14.7. The van der Waals surface area contributed by atoms with Crippen molar-refractivity contribution in [3.63, 3.8) is 0 Å². The fourth-order valence-corrected chi connectivity index (χ4v) is 3.36. The molecule has 1 saturated carbocycles. The SMILES string of the molecule is CNC(=O)C1CC(Nc2ncc(Cl)c(-c3cnn(-c4ccc(F)cc4)c3)n2)C1. The van der Waals surface area contributed by atoms with E-state index >= 15 is 0 Å². The molecule has 0 aliphatic heterocycles. The summed E-state index contributed by atoms with van der Waals surface area (Å²) in [4.78, 5) is 20.3. The third-order valence-corrected chi connectivity index (χ3v) is 5.06. The first kappa shape index (κ1) is 18.4. The molecule has 2 aromatic heterocycles. The van der Waals surface area contributed by atoms with Crippen LogP contribution in [0.3, 0.4) is 0 Å². The zero-order valence-corrected chi connectivity index (χ0v) is 15.8. The minimum absolute atomic E-state index is 0.0308. The molecular formula is C19H18ClFN6O. The van der Waals surface area contributed by atoms with Crippen LogP contribution in [-0.4, -0.2) is 38.7 Å². The standard InChI is InChI=1S/C19H18ClFN6O/c1-22-18(28)11-6-14(7-11)25-19-23-9-16(20)17(26-19)12-8-24-27(10-12)15-4-2-13(21)3-5-15/h2-5,8-11,14H,6-7H2,1H3,(H,22,28)(H,23,25,26). The van der Waals surface area contributed by atoms with Gasteiger partial charge in [0, 0.05) is 30.8 Å². The molecule has 1 aliphatic carbocycles. The van der Waals surface area contributed by atoms with Gasteiger partial charge in [-0.2, -0.15) is 5.10 Å². The Morgan fingerprint density at radius 2 is 2.00 bits per heavy atom. The topological polar surface area (TPSA) is 84.7 Å². The Morgan fingerprint density at radius 1 is 1.25 bits per heavy atom. The molecule has 7 nitrogen and oxygen atoms in total. The first-order valence-corrected chi connectivity index (χ1v) is 9.23. The van der Waals surface area contributed by atoms with E-state index in [0.29, 0.717) is 16.7 Å². The highest BCUT2D eigenvalue weighted by Gasteiger charge is 2.34. The Labute approximate surface area is 166 Å². The van der Waals surface area contributed by atoms with Gasteiger partial charge in [0.1, 0.15) is 5.82 Å². The Balaban J connectivity index is 1.50. The Morgan fingerprint density at radius 3 is 2.71 bits per heavy atom. The average Bonchev–Trinajstić information content (AvgIpc) is 3.15. The molecule has 9 heteroatoms. The number of nitrogens with zero attached hydrogens (tertiary/aromatic N) is 4. The van der Waals surface area contributed by atoms with Crippen LogP contribution < -0.4 is 10.6 Å². The van der Waals surface area contributed by atoms with Crippen LogP contribution in [0.1, 0.15) is 12.8 Å². The largest absolute Gasteiger partial charge is 0.359 e. The normalized spacial score (nSPS) is 18.4. The molecule has 1 fully saturated rings. The van der Waals surface area contributed by atoms with Crippen molar-refractivity contribution >= 4 is 23.5 Å². The zero-order valence-electron chi connectivity index (χ0n) is 15.1. The minimum Gasteiger partial charge on any atom is -0.359 e. The van der Waals surface area contributed by atoms with Gasteiger partial charge in [0.15, 0.2) is 0 Å². The quantitative estimate of drug-likeness (QED) is 0.687. The summed E-state index contributed by atoms with van der Waals surface area (Å²) in [6.07, 6.45) is 6.44. The van der Waals surface area contributed by atoms with Crippen molar-refractivity contribution in [1.82, 2.24) is 25.1 Å². The summed E-state index contributed by atoms with van der Waals surface area (Å²) in [6, 6.07) is 6.18. The van der Waals surface area contributed by atoms with E-state index in [2.05, 4.69) is 25.7 Å². The number of hydrogen-bond acceptors (Lipinski definition) is 5. The van der Waals surface area contributed by atoms with Gasteiger partial charge in [0.05, 0.1) is 28.8 Å².